The zero-order valence-electron chi connectivity index (χ0n) is 15.5. The van der Waals surface area contributed by atoms with Crippen molar-refractivity contribution in [3.05, 3.63) is 52.8 Å². The van der Waals surface area contributed by atoms with E-state index in [4.69, 9.17) is 11.6 Å². The van der Waals surface area contributed by atoms with Crippen LogP contribution in [0.4, 0.5) is 0 Å². The monoisotopic (exact) mass is 433 g/mol. The molecule has 1 aromatic heterocycles. The number of carbonyl (C=O) groups excluding carboxylic acids is 1. The van der Waals surface area contributed by atoms with Gasteiger partial charge in [0.1, 0.15) is 6.04 Å². The number of hydrogen-bond acceptors (Lipinski definition) is 4. The van der Waals surface area contributed by atoms with Gasteiger partial charge in [0.15, 0.2) is 0 Å². The highest BCUT2D eigenvalue weighted by Gasteiger charge is 2.28. The predicted octanol–water partition coefficient (Wildman–Crippen LogP) is 2.52. The van der Waals surface area contributed by atoms with Gasteiger partial charge < -0.3 is 10.2 Å². The van der Waals surface area contributed by atoms with Crippen molar-refractivity contribution in [3.63, 3.8) is 0 Å². The second-order valence-electron chi connectivity index (χ2n) is 6.40. The molecule has 0 aliphatic carbocycles. The van der Waals surface area contributed by atoms with Crippen LogP contribution in [0, 0.1) is 0 Å². The first-order chi connectivity index (χ1) is 12.1. The molecule has 1 aromatic carbocycles. The molecule has 1 N–H and O–H groups in total. The van der Waals surface area contributed by atoms with Crippen LogP contribution in [-0.2, 0) is 18.4 Å². The van der Waals surface area contributed by atoms with Gasteiger partial charge in [0.05, 0.1) is 6.20 Å². The van der Waals surface area contributed by atoms with Crippen LogP contribution in [0.25, 0.3) is 0 Å². The molecule has 2 aromatic rings. The number of piperazine rings is 1. The normalized spacial score (nSPS) is 15.6. The minimum Gasteiger partial charge on any atom is -0.338 e. The van der Waals surface area contributed by atoms with E-state index in [1.165, 1.54) is 5.56 Å². The minimum absolute atomic E-state index is 0. The van der Waals surface area contributed by atoms with Crippen LogP contribution in [0.15, 0.2) is 36.7 Å². The average Bonchev–Trinajstić information content (AvgIpc) is 3.02. The topological polar surface area (TPSA) is 53.4 Å². The van der Waals surface area contributed by atoms with E-state index in [0.717, 1.165) is 43.3 Å². The van der Waals surface area contributed by atoms with E-state index in [1.54, 1.807) is 10.9 Å². The summed E-state index contributed by atoms with van der Waals surface area (Å²) < 4.78 is 1.72. The molecule has 0 radical (unpaired) electrons. The van der Waals surface area contributed by atoms with Crippen LogP contribution in [0.5, 0.6) is 0 Å². The molecule has 0 bridgehead atoms. The maximum atomic E-state index is 12.8. The fraction of sp³-hybridized carbons (Fsp3) is 0.444. The number of halogens is 3. The van der Waals surface area contributed by atoms with E-state index in [9.17, 15) is 4.79 Å². The first-order valence-electron chi connectivity index (χ1n) is 8.48. The van der Waals surface area contributed by atoms with Gasteiger partial charge in [-0.2, -0.15) is 5.10 Å². The van der Waals surface area contributed by atoms with Crippen molar-refractivity contribution in [2.24, 2.45) is 7.05 Å². The van der Waals surface area contributed by atoms with Crippen LogP contribution in [-0.4, -0.2) is 58.7 Å². The van der Waals surface area contributed by atoms with E-state index in [0.29, 0.717) is 0 Å². The van der Waals surface area contributed by atoms with Gasteiger partial charge in [0.25, 0.3) is 0 Å². The molecule has 0 saturated carbocycles. The van der Waals surface area contributed by atoms with Gasteiger partial charge in [-0.05, 0) is 24.7 Å². The van der Waals surface area contributed by atoms with Gasteiger partial charge in [0.2, 0.25) is 5.91 Å². The summed E-state index contributed by atoms with van der Waals surface area (Å²) in [5.41, 5.74) is 2.10. The standard InChI is InChI=1S/C18H24ClN5O.2ClH/c1-20-17(15-11-21-22(2)13-15)18(25)24-8-6-23(7-9-24)12-14-4-3-5-16(19)10-14;;/h3-5,10-11,13,17,20H,6-9,12H2,1-2H3;2*1H. The number of amides is 1. The Labute approximate surface area is 177 Å². The summed E-state index contributed by atoms with van der Waals surface area (Å²) in [4.78, 5) is 17.1. The summed E-state index contributed by atoms with van der Waals surface area (Å²) >= 11 is 6.05. The maximum absolute atomic E-state index is 12.8. The molecule has 1 aliphatic heterocycles. The highest BCUT2D eigenvalue weighted by Crippen LogP contribution is 2.18. The summed E-state index contributed by atoms with van der Waals surface area (Å²) in [7, 11) is 3.67. The molecule has 1 unspecified atom stereocenters. The Morgan fingerprint density at radius 1 is 1.26 bits per heavy atom. The first-order valence-corrected chi connectivity index (χ1v) is 8.86. The Morgan fingerprint density at radius 2 is 1.96 bits per heavy atom. The lowest BCUT2D eigenvalue weighted by molar-refractivity contribution is -0.135. The van der Waals surface area contributed by atoms with Crippen molar-refractivity contribution in [2.75, 3.05) is 33.2 Å². The molecule has 1 atom stereocenters. The number of nitrogens with one attached hydrogen (secondary N) is 1. The van der Waals surface area contributed by atoms with E-state index in [1.807, 2.05) is 43.4 Å². The number of likely N-dealkylation sites (N-methyl/N-ethyl adjacent to an activating group) is 1. The van der Waals surface area contributed by atoms with Crippen LogP contribution in [0.3, 0.4) is 0 Å². The molecular formula is C18H26Cl3N5O. The summed E-state index contributed by atoms with van der Waals surface area (Å²) in [6, 6.07) is 7.61. The molecule has 9 heteroatoms. The lowest BCUT2D eigenvalue weighted by Crippen LogP contribution is -2.51. The first kappa shape index (κ1) is 23.7. The molecule has 2 heterocycles. The Hall–Kier alpha value is -1.31. The second-order valence-corrected chi connectivity index (χ2v) is 6.84. The highest BCUT2D eigenvalue weighted by molar-refractivity contribution is 6.30. The van der Waals surface area contributed by atoms with Crippen LogP contribution in [0.1, 0.15) is 17.2 Å². The average molecular weight is 435 g/mol. The fourth-order valence-electron chi connectivity index (χ4n) is 3.22. The number of hydrogen-bond donors (Lipinski definition) is 1. The number of carbonyl (C=O) groups is 1. The maximum Gasteiger partial charge on any atom is 0.244 e. The third-order valence-corrected chi connectivity index (χ3v) is 4.81. The number of benzene rings is 1. The Kier molecular flexibility index (Phi) is 9.56. The van der Waals surface area contributed by atoms with Crippen molar-refractivity contribution in [3.8, 4) is 0 Å². The van der Waals surface area contributed by atoms with Gasteiger partial charge in [0, 0.05) is 56.6 Å². The number of nitrogens with zero attached hydrogens (tertiary/aromatic N) is 4. The lowest BCUT2D eigenvalue weighted by Gasteiger charge is -2.36. The third kappa shape index (κ3) is 6.09. The summed E-state index contributed by atoms with van der Waals surface area (Å²) in [6.07, 6.45) is 3.63. The quantitative estimate of drug-likeness (QED) is 0.786. The zero-order valence-corrected chi connectivity index (χ0v) is 17.9. The largest absolute Gasteiger partial charge is 0.338 e. The molecule has 1 fully saturated rings. The molecule has 27 heavy (non-hydrogen) atoms. The lowest BCUT2D eigenvalue weighted by atomic mass is 10.1. The molecule has 3 rings (SSSR count). The summed E-state index contributed by atoms with van der Waals surface area (Å²) in [5, 5.41) is 8.04. The molecule has 1 saturated heterocycles. The molecule has 0 spiro atoms. The molecular weight excluding hydrogens is 409 g/mol. The van der Waals surface area contributed by atoms with E-state index >= 15 is 0 Å². The fourth-order valence-corrected chi connectivity index (χ4v) is 3.44. The SMILES string of the molecule is CNC(C(=O)N1CCN(Cc2cccc(Cl)c2)CC1)c1cnn(C)c1.Cl.Cl. The van der Waals surface area contributed by atoms with Gasteiger partial charge in [-0.25, -0.2) is 0 Å². The van der Waals surface area contributed by atoms with E-state index in [2.05, 4.69) is 21.4 Å². The van der Waals surface area contributed by atoms with E-state index < -0.39 is 0 Å². The minimum atomic E-state index is -0.340. The summed E-state index contributed by atoms with van der Waals surface area (Å²) in [5.74, 6) is 0.109. The van der Waals surface area contributed by atoms with Crippen molar-refractivity contribution >= 4 is 42.3 Å². The smallest absolute Gasteiger partial charge is 0.244 e. The van der Waals surface area contributed by atoms with Crippen molar-refractivity contribution in [2.45, 2.75) is 12.6 Å². The van der Waals surface area contributed by atoms with Crippen LogP contribution in [0.2, 0.25) is 5.02 Å². The summed E-state index contributed by atoms with van der Waals surface area (Å²) in [6.45, 7) is 4.06. The third-order valence-electron chi connectivity index (χ3n) is 4.57. The van der Waals surface area contributed by atoms with Crippen LogP contribution < -0.4 is 5.32 Å². The Morgan fingerprint density at radius 3 is 2.52 bits per heavy atom. The van der Waals surface area contributed by atoms with Gasteiger partial charge in [-0.1, -0.05) is 23.7 Å². The number of aryl methyl sites for hydroxylation is 1. The van der Waals surface area contributed by atoms with Crippen molar-refractivity contribution in [1.29, 1.82) is 0 Å². The molecule has 1 aliphatic rings. The second kappa shape index (κ2) is 10.9. The van der Waals surface area contributed by atoms with Gasteiger partial charge >= 0.3 is 0 Å². The van der Waals surface area contributed by atoms with Gasteiger partial charge in [-0.15, -0.1) is 24.8 Å². The molecule has 6 nitrogen and oxygen atoms in total. The zero-order chi connectivity index (χ0) is 17.8. The molecule has 150 valence electrons. The van der Waals surface area contributed by atoms with Crippen LogP contribution >= 0.6 is 36.4 Å². The van der Waals surface area contributed by atoms with Gasteiger partial charge in [-0.3, -0.25) is 14.4 Å². The Bertz CT molecular complexity index is 731. The predicted molar refractivity (Wildman–Crippen MR) is 113 cm³/mol. The van der Waals surface area contributed by atoms with Crippen molar-refractivity contribution in [1.82, 2.24) is 24.9 Å². The van der Waals surface area contributed by atoms with Crippen molar-refractivity contribution < 1.29 is 4.79 Å². The number of aromatic nitrogens is 2. The molecule has 1 amide bonds. The van der Waals surface area contributed by atoms with E-state index in [-0.39, 0.29) is 36.8 Å². The Balaban J connectivity index is 0.00000182. The highest BCUT2D eigenvalue weighted by atomic mass is 35.5. The number of rotatable bonds is 5.